The Balaban J connectivity index is 0.000000131. The van der Waals surface area contributed by atoms with Crippen molar-refractivity contribution in [1.29, 1.82) is 0 Å². The van der Waals surface area contributed by atoms with Crippen molar-refractivity contribution in [2.45, 2.75) is 19.3 Å². The van der Waals surface area contributed by atoms with Gasteiger partial charge in [-0.3, -0.25) is 9.13 Å². The molecule has 26 rings (SSSR count). The summed E-state index contributed by atoms with van der Waals surface area (Å²) in [6.45, 7) is 4.68. The van der Waals surface area contributed by atoms with Gasteiger partial charge >= 0.3 is 0 Å². The summed E-state index contributed by atoms with van der Waals surface area (Å²) < 4.78 is 9.52. The van der Waals surface area contributed by atoms with Gasteiger partial charge in [-0.2, -0.15) is 0 Å². The van der Waals surface area contributed by atoms with Crippen molar-refractivity contribution in [3.05, 3.63) is 387 Å². The topological polar surface area (TPSA) is 71.3 Å². The van der Waals surface area contributed by atoms with Crippen molar-refractivity contribution in [2.24, 2.45) is 0 Å². The van der Waals surface area contributed by atoms with Gasteiger partial charge in [0.05, 0.1) is 77.9 Å². The molecule has 0 saturated heterocycles. The van der Waals surface area contributed by atoms with Crippen molar-refractivity contribution in [1.82, 2.24) is 38.2 Å². The Morgan fingerprint density at radius 1 is 0.205 bits per heavy atom. The molecule has 25 aromatic rings. The predicted molar refractivity (Wildman–Crippen MR) is 490 cm³/mol. The van der Waals surface area contributed by atoms with Gasteiger partial charge in [-0.15, -0.1) is 0 Å². The Morgan fingerprint density at radius 3 is 1.05 bits per heavy atom. The SMILES string of the molecule is CC1(C)c2ccccc2-c2ccc(-c3nc(-n4c5cc6ccccc6cc5c5c(-n6c7ccccc7c7cc8ccccc8cc76)cccc54)nc4ccccc34)cc21.c1ccc2cc3c(cc2c1)c1ccccc1n3-c1cccc2c1c1cc3ccccc3cc1n2-c1nc(-c2ccc3ccc4ccccc4c3c2)c2ccccc2n1. The minimum absolute atomic E-state index is 0.128. The first kappa shape index (κ1) is 65.2. The van der Waals surface area contributed by atoms with Gasteiger partial charge in [-0.05, 0) is 196 Å². The molecule has 8 nitrogen and oxygen atoms in total. The molecule has 1 aliphatic rings. The van der Waals surface area contributed by atoms with E-state index in [1.54, 1.807) is 0 Å². The summed E-state index contributed by atoms with van der Waals surface area (Å²) in [5.41, 5.74) is 22.2. The highest BCUT2D eigenvalue weighted by Gasteiger charge is 2.36. The molecule has 0 saturated carbocycles. The third-order valence-corrected chi connectivity index (χ3v) is 25.3. The van der Waals surface area contributed by atoms with Gasteiger partial charge < -0.3 is 9.13 Å². The molecule has 0 atom stereocenters. The molecule has 8 heteroatoms. The highest BCUT2D eigenvalue weighted by Crippen LogP contribution is 2.51. The van der Waals surface area contributed by atoms with E-state index < -0.39 is 0 Å². The number of fused-ring (bicyclic) bond motifs is 24. The molecule has 19 aromatic carbocycles. The number of hydrogen-bond acceptors (Lipinski definition) is 4. The summed E-state index contributed by atoms with van der Waals surface area (Å²) in [5, 5.41) is 26.2. The number of rotatable bonds is 6. The Kier molecular flexibility index (Phi) is 13.8. The molecule has 6 aromatic heterocycles. The number of para-hydroxylation sites is 4. The molecular weight excluding hydrogens is 1420 g/mol. The van der Waals surface area contributed by atoms with E-state index in [4.69, 9.17) is 19.9 Å². The maximum atomic E-state index is 5.59. The van der Waals surface area contributed by atoms with Gasteiger partial charge in [-0.1, -0.05) is 281 Å². The Bertz CT molecular complexity index is 8640. The molecule has 0 aliphatic heterocycles. The molecule has 0 fully saturated rings. The average molecular weight is 1490 g/mol. The Labute approximate surface area is 670 Å². The zero-order chi connectivity index (χ0) is 76.9. The molecule has 0 amide bonds. The molecule has 0 bridgehead atoms. The second kappa shape index (κ2) is 24.8. The lowest BCUT2D eigenvalue weighted by atomic mass is 9.82. The highest BCUT2D eigenvalue weighted by atomic mass is 15.2. The molecule has 0 N–H and O–H groups in total. The van der Waals surface area contributed by atoms with Gasteiger partial charge in [0, 0.05) is 70.4 Å². The first-order chi connectivity index (χ1) is 57.8. The zero-order valence-electron chi connectivity index (χ0n) is 63.9. The van der Waals surface area contributed by atoms with Crippen LogP contribution in [0.15, 0.2) is 376 Å². The van der Waals surface area contributed by atoms with Gasteiger partial charge in [0.2, 0.25) is 11.9 Å². The van der Waals surface area contributed by atoms with Crippen LogP contribution in [-0.2, 0) is 5.41 Å². The van der Waals surface area contributed by atoms with E-state index in [0.29, 0.717) is 11.9 Å². The smallest absolute Gasteiger partial charge is 0.235 e. The van der Waals surface area contributed by atoms with Gasteiger partial charge in [0.25, 0.3) is 0 Å². The van der Waals surface area contributed by atoms with Crippen LogP contribution in [0.3, 0.4) is 0 Å². The molecular formula is C109H68N8. The van der Waals surface area contributed by atoms with E-state index in [1.165, 1.54) is 136 Å². The lowest BCUT2D eigenvalue weighted by Gasteiger charge is -2.22. The van der Waals surface area contributed by atoms with Crippen molar-refractivity contribution < 1.29 is 0 Å². The second-order valence-corrected chi connectivity index (χ2v) is 32.0. The summed E-state index contributed by atoms with van der Waals surface area (Å²) in [6.07, 6.45) is 0. The second-order valence-electron chi connectivity index (χ2n) is 32.0. The van der Waals surface area contributed by atoms with Crippen LogP contribution >= 0.6 is 0 Å². The number of aromatic nitrogens is 8. The third kappa shape index (κ3) is 9.70. The molecule has 0 radical (unpaired) electrons. The quantitative estimate of drug-likeness (QED) is 0.156. The fourth-order valence-corrected chi connectivity index (χ4v) is 19.9. The summed E-state index contributed by atoms with van der Waals surface area (Å²) in [6, 6.07) is 137. The van der Waals surface area contributed by atoms with E-state index >= 15 is 0 Å². The average Bonchev–Trinajstić information content (AvgIpc) is 1.55. The molecule has 1 aliphatic carbocycles. The van der Waals surface area contributed by atoms with Crippen molar-refractivity contribution in [2.75, 3.05) is 0 Å². The van der Waals surface area contributed by atoms with Crippen LogP contribution in [0.1, 0.15) is 25.0 Å². The fourth-order valence-electron chi connectivity index (χ4n) is 19.9. The number of benzene rings is 19. The first-order valence-corrected chi connectivity index (χ1v) is 40.2. The number of hydrogen-bond donors (Lipinski definition) is 0. The largest absolute Gasteiger partial charge is 0.309 e. The minimum Gasteiger partial charge on any atom is -0.309 e. The van der Waals surface area contributed by atoms with Gasteiger partial charge in [0.1, 0.15) is 0 Å². The van der Waals surface area contributed by atoms with E-state index in [-0.39, 0.29) is 5.41 Å². The number of nitrogens with zero attached hydrogens (tertiary/aromatic N) is 8. The summed E-state index contributed by atoms with van der Waals surface area (Å²) in [7, 11) is 0. The summed E-state index contributed by atoms with van der Waals surface area (Å²) >= 11 is 0. The third-order valence-electron chi connectivity index (χ3n) is 25.3. The monoisotopic (exact) mass is 1490 g/mol. The summed E-state index contributed by atoms with van der Waals surface area (Å²) in [4.78, 5) is 21.9. The highest BCUT2D eigenvalue weighted by molar-refractivity contribution is 6.23. The van der Waals surface area contributed by atoms with Crippen LogP contribution in [0.25, 0.3) is 231 Å². The van der Waals surface area contributed by atoms with Crippen LogP contribution in [0.5, 0.6) is 0 Å². The Hall–Kier alpha value is -15.4. The normalized spacial score (nSPS) is 12.8. The lowest BCUT2D eigenvalue weighted by molar-refractivity contribution is 0.660. The standard InChI is InChI=1S/C55H36N4.C54H32N4/c1-55(2)44-21-10-7-18-38(44)39-27-26-37(30-45(39)55)53-41-20-8-11-22-46(41)56-54(57-53)59-49-25-13-24-48(52(49)43-29-34-15-4-6-17-36(34)32-51(43)59)58-47-23-12-9-19-40(47)42-28-33-14-3-5-16-35(33)31-50(42)58;1-3-15-37-31-50-44(28-35(37)13-1)41-18-8-10-21-47(41)57(50)48-22-11-23-49-52(48)45-29-36-14-2-4-16-38(36)32-51(45)58(49)54-55-46-20-9-7-19-42(46)53(56-54)39-27-26-34-25-24-33-12-5-6-17-40(33)43(34)30-39/h3-32H,1-2H3;1-32H. The minimum atomic E-state index is -0.128. The maximum absolute atomic E-state index is 5.59. The predicted octanol–water partition coefficient (Wildman–Crippen LogP) is 28.2. The fraction of sp³-hybridized carbons (Fsp3) is 0.0275. The maximum Gasteiger partial charge on any atom is 0.235 e. The van der Waals surface area contributed by atoms with Crippen molar-refractivity contribution in [3.8, 4) is 56.9 Å². The van der Waals surface area contributed by atoms with E-state index in [0.717, 1.165) is 93.9 Å². The molecule has 544 valence electrons. The molecule has 6 heterocycles. The van der Waals surface area contributed by atoms with Crippen molar-refractivity contribution in [3.63, 3.8) is 0 Å². The van der Waals surface area contributed by atoms with Crippen LogP contribution in [0, 0.1) is 0 Å². The van der Waals surface area contributed by atoms with E-state index in [9.17, 15) is 0 Å². The van der Waals surface area contributed by atoms with Crippen molar-refractivity contribution >= 4 is 174 Å². The van der Waals surface area contributed by atoms with Crippen LogP contribution < -0.4 is 0 Å². The van der Waals surface area contributed by atoms with Gasteiger partial charge in [-0.25, -0.2) is 19.9 Å². The zero-order valence-corrected chi connectivity index (χ0v) is 63.9. The van der Waals surface area contributed by atoms with Gasteiger partial charge in [0.15, 0.2) is 0 Å². The Morgan fingerprint density at radius 2 is 0.556 bits per heavy atom. The lowest BCUT2D eigenvalue weighted by Crippen LogP contribution is -2.15. The molecule has 0 spiro atoms. The summed E-state index contributed by atoms with van der Waals surface area (Å²) in [5.74, 6) is 1.30. The van der Waals surface area contributed by atoms with Crippen LogP contribution in [0.2, 0.25) is 0 Å². The van der Waals surface area contributed by atoms with Crippen LogP contribution in [0.4, 0.5) is 0 Å². The molecule has 117 heavy (non-hydrogen) atoms. The van der Waals surface area contributed by atoms with E-state index in [1.807, 2.05) is 0 Å². The van der Waals surface area contributed by atoms with E-state index in [2.05, 4.69) is 408 Å². The molecule has 0 unspecified atom stereocenters. The van der Waals surface area contributed by atoms with Crippen LogP contribution in [-0.4, -0.2) is 38.2 Å². The first-order valence-electron chi connectivity index (χ1n) is 40.2.